The molecular formula is C15H17BrN2O3S. The summed E-state index contributed by atoms with van der Waals surface area (Å²) in [5, 5.41) is -0.217. The van der Waals surface area contributed by atoms with Gasteiger partial charge in [0.05, 0.1) is 6.54 Å². The van der Waals surface area contributed by atoms with Crippen molar-refractivity contribution in [3.05, 3.63) is 34.3 Å². The van der Waals surface area contributed by atoms with E-state index in [1.165, 1.54) is 0 Å². The SMILES string of the molecule is O=C(S)N1CCC2(CC1)CN(Cc1cccc(Br)c1)C(=O)O2. The second-order valence-corrected chi connectivity index (χ2v) is 7.10. The van der Waals surface area contributed by atoms with Crippen molar-refractivity contribution in [2.45, 2.75) is 25.0 Å². The molecule has 1 spiro atoms. The number of carbonyl (C=O) groups is 2. The second-order valence-electron chi connectivity index (χ2n) is 5.81. The zero-order chi connectivity index (χ0) is 15.7. The molecule has 0 radical (unpaired) electrons. The lowest BCUT2D eigenvalue weighted by Crippen LogP contribution is -2.47. The third-order valence-corrected chi connectivity index (χ3v) is 5.02. The molecule has 2 saturated heterocycles. The third-order valence-electron chi connectivity index (χ3n) is 4.25. The van der Waals surface area contributed by atoms with Gasteiger partial charge in [-0.25, -0.2) is 4.79 Å². The molecule has 2 fully saturated rings. The fourth-order valence-corrected chi connectivity index (χ4v) is 3.68. The van der Waals surface area contributed by atoms with Gasteiger partial charge >= 0.3 is 6.09 Å². The van der Waals surface area contributed by atoms with Crippen LogP contribution in [0.3, 0.4) is 0 Å². The molecule has 5 nitrogen and oxygen atoms in total. The zero-order valence-electron chi connectivity index (χ0n) is 12.0. The molecule has 0 aromatic heterocycles. The summed E-state index contributed by atoms with van der Waals surface area (Å²) in [5.41, 5.74) is 0.606. The smallest absolute Gasteiger partial charge is 0.410 e. The van der Waals surface area contributed by atoms with Gasteiger partial charge in [-0.3, -0.25) is 9.69 Å². The summed E-state index contributed by atoms with van der Waals surface area (Å²) in [6, 6.07) is 7.90. The molecule has 2 aliphatic heterocycles. The predicted molar refractivity (Wildman–Crippen MR) is 89.0 cm³/mol. The average molecular weight is 385 g/mol. The summed E-state index contributed by atoms with van der Waals surface area (Å²) in [7, 11) is 0. The molecule has 0 unspecified atom stereocenters. The van der Waals surface area contributed by atoms with Gasteiger partial charge in [0.1, 0.15) is 5.60 Å². The van der Waals surface area contributed by atoms with Crippen LogP contribution in [-0.2, 0) is 11.3 Å². The van der Waals surface area contributed by atoms with E-state index in [9.17, 15) is 9.59 Å². The number of rotatable bonds is 2. The maximum Gasteiger partial charge on any atom is 0.410 e. The number of likely N-dealkylation sites (tertiary alicyclic amines) is 1. The first-order valence-electron chi connectivity index (χ1n) is 7.18. The van der Waals surface area contributed by atoms with Gasteiger partial charge in [-0.15, -0.1) is 0 Å². The largest absolute Gasteiger partial charge is 0.441 e. The molecule has 0 saturated carbocycles. The highest BCUT2D eigenvalue weighted by atomic mass is 79.9. The number of amides is 2. The highest BCUT2D eigenvalue weighted by Crippen LogP contribution is 2.34. The molecule has 22 heavy (non-hydrogen) atoms. The number of benzene rings is 1. The minimum absolute atomic E-state index is 0.217. The Balaban J connectivity index is 1.65. The van der Waals surface area contributed by atoms with Crippen LogP contribution in [0.25, 0.3) is 0 Å². The van der Waals surface area contributed by atoms with Crippen molar-refractivity contribution in [3.8, 4) is 0 Å². The van der Waals surface area contributed by atoms with Crippen LogP contribution in [0.2, 0.25) is 0 Å². The van der Waals surface area contributed by atoms with E-state index in [0.717, 1.165) is 10.0 Å². The molecule has 1 aromatic carbocycles. The first-order valence-corrected chi connectivity index (χ1v) is 8.42. The lowest BCUT2D eigenvalue weighted by molar-refractivity contribution is 0.0120. The molecule has 0 bridgehead atoms. The summed E-state index contributed by atoms with van der Waals surface area (Å²) in [6.07, 6.45) is 1.06. The van der Waals surface area contributed by atoms with Crippen LogP contribution in [0, 0.1) is 0 Å². The molecule has 2 amide bonds. The Bertz CT molecular complexity index is 602. The number of halogens is 1. The van der Waals surface area contributed by atoms with Gasteiger partial charge in [-0.05, 0) is 17.7 Å². The summed E-state index contributed by atoms with van der Waals surface area (Å²) in [6.45, 7) is 2.28. The van der Waals surface area contributed by atoms with Crippen molar-refractivity contribution in [2.24, 2.45) is 0 Å². The van der Waals surface area contributed by atoms with E-state index in [2.05, 4.69) is 28.6 Å². The van der Waals surface area contributed by atoms with Crippen molar-refractivity contribution in [1.29, 1.82) is 0 Å². The van der Waals surface area contributed by atoms with Crippen LogP contribution >= 0.6 is 28.6 Å². The Kier molecular flexibility index (Phi) is 4.36. The Labute approximate surface area is 143 Å². The Hall–Kier alpha value is -1.21. The summed E-state index contributed by atoms with van der Waals surface area (Å²) < 4.78 is 6.64. The molecule has 0 atom stereocenters. The number of hydrogen-bond donors (Lipinski definition) is 1. The lowest BCUT2D eigenvalue weighted by Gasteiger charge is -2.36. The van der Waals surface area contributed by atoms with Crippen molar-refractivity contribution < 1.29 is 14.3 Å². The molecule has 2 aliphatic rings. The highest BCUT2D eigenvalue weighted by Gasteiger charge is 2.47. The van der Waals surface area contributed by atoms with Gasteiger partial charge < -0.3 is 9.64 Å². The van der Waals surface area contributed by atoms with E-state index in [-0.39, 0.29) is 11.3 Å². The van der Waals surface area contributed by atoms with Crippen LogP contribution < -0.4 is 0 Å². The number of piperidine rings is 1. The van der Waals surface area contributed by atoms with Crippen LogP contribution in [-0.4, -0.2) is 46.4 Å². The molecule has 2 heterocycles. The van der Waals surface area contributed by atoms with Gasteiger partial charge in [0.25, 0.3) is 5.24 Å². The molecule has 1 aromatic rings. The number of nitrogens with zero attached hydrogens (tertiary/aromatic N) is 2. The van der Waals surface area contributed by atoms with Crippen LogP contribution in [0.1, 0.15) is 18.4 Å². The van der Waals surface area contributed by atoms with Gasteiger partial charge in [-0.1, -0.05) is 40.7 Å². The van der Waals surface area contributed by atoms with E-state index in [0.29, 0.717) is 39.0 Å². The Morgan fingerprint density at radius 3 is 2.73 bits per heavy atom. The Morgan fingerprint density at radius 2 is 2.09 bits per heavy atom. The van der Waals surface area contributed by atoms with E-state index in [1.54, 1.807) is 9.80 Å². The summed E-state index contributed by atoms with van der Waals surface area (Å²) >= 11 is 7.29. The van der Waals surface area contributed by atoms with Crippen molar-refractivity contribution in [1.82, 2.24) is 9.80 Å². The number of hydrogen-bond acceptors (Lipinski definition) is 3. The van der Waals surface area contributed by atoms with Crippen LogP contribution in [0.4, 0.5) is 9.59 Å². The maximum absolute atomic E-state index is 12.1. The standard InChI is InChI=1S/C15H17BrN2O3S/c16-12-3-1-2-11(8-12)9-18-10-15(21-13(18)19)4-6-17(7-5-15)14(20)22/h1-3,8H,4-7,9-10H2,(H,20,22). The number of thiol groups is 1. The molecule has 118 valence electrons. The van der Waals surface area contributed by atoms with Gasteiger partial charge in [0.2, 0.25) is 0 Å². The topological polar surface area (TPSA) is 49.9 Å². The average Bonchev–Trinajstić information content (AvgIpc) is 2.75. The molecule has 7 heteroatoms. The number of ether oxygens (including phenoxy) is 1. The normalized spacial score (nSPS) is 20.4. The lowest BCUT2D eigenvalue weighted by atomic mass is 9.91. The predicted octanol–water partition coefficient (Wildman–Crippen LogP) is 3.29. The Morgan fingerprint density at radius 1 is 1.36 bits per heavy atom. The third kappa shape index (κ3) is 3.25. The first-order chi connectivity index (χ1) is 10.5. The fourth-order valence-electron chi connectivity index (χ4n) is 3.04. The van der Waals surface area contributed by atoms with Crippen molar-refractivity contribution in [2.75, 3.05) is 19.6 Å². The van der Waals surface area contributed by atoms with Gasteiger partial charge in [-0.2, -0.15) is 0 Å². The maximum atomic E-state index is 12.1. The highest BCUT2D eigenvalue weighted by molar-refractivity contribution is 9.10. The summed E-state index contributed by atoms with van der Waals surface area (Å²) in [5.74, 6) is 0. The van der Waals surface area contributed by atoms with Crippen molar-refractivity contribution >= 4 is 39.9 Å². The van der Waals surface area contributed by atoms with Gasteiger partial charge in [0, 0.05) is 36.9 Å². The molecule has 0 aliphatic carbocycles. The molecule has 3 rings (SSSR count). The van der Waals surface area contributed by atoms with E-state index < -0.39 is 5.60 Å². The van der Waals surface area contributed by atoms with Crippen LogP contribution in [0.5, 0.6) is 0 Å². The second kappa shape index (κ2) is 6.12. The number of carbonyl (C=O) groups excluding carboxylic acids is 2. The molecular weight excluding hydrogens is 368 g/mol. The zero-order valence-corrected chi connectivity index (χ0v) is 14.5. The van der Waals surface area contributed by atoms with Crippen molar-refractivity contribution in [3.63, 3.8) is 0 Å². The van der Waals surface area contributed by atoms with E-state index >= 15 is 0 Å². The summed E-state index contributed by atoms with van der Waals surface area (Å²) in [4.78, 5) is 26.8. The quantitative estimate of drug-likeness (QED) is 0.795. The molecule has 0 N–H and O–H groups in total. The van der Waals surface area contributed by atoms with E-state index in [4.69, 9.17) is 4.74 Å². The first kappa shape index (κ1) is 15.7. The minimum Gasteiger partial charge on any atom is -0.441 e. The van der Waals surface area contributed by atoms with Crippen LogP contribution in [0.15, 0.2) is 28.7 Å². The minimum atomic E-state index is -0.456. The van der Waals surface area contributed by atoms with Gasteiger partial charge in [0.15, 0.2) is 0 Å². The monoisotopic (exact) mass is 384 g/mol. The van der Waals surface area contributed by atoms with E-state index in [1.807, 2.05) is 24.3 Å². The fraction of sp³-hybridized carbons (Fsp3) is 0.467.